The first-order valence-electron chi connectivity index (χ1n) is 7.42. The Hall–Kier alpha value is -1.71. The number of nitrogens with zero attached hydrogens (tertiary/aromatic N) is 2. The Morgan fingerprint density at radius 3 is 2.60 bits per heavy atom. The fourth-order valence-electron chi connectivity index (χ4n) is 3.35. The molecule has 0 bridgehead atoms. The molecule has 3 atom stereocenters. The first kappa shape index (κ1) is 13.3. The van der Waals surface area contributed by atoms with Gasteiger partial charge in [0.15, 0.2) is 6.10 Å². The van der Waals surface area contributed by atoms with Crippen molar-refractivity contribution in [3.8, 4) is 5.75 Å². The van der Waals surface area contributed by atoms with Crippen LogP contribution in [0.15, 0.2) is 23.2 Å². The van der Waals surface area contributed by atoms with Crippen LogP contribution in [0, 0.1) is 11.8 Å². The lowest BCUT2D eigenvalue weighted by atomic mass is 9.91. The van der Waals surface area contributed by atoms with Crippen molar-refractivity contribution in [2.45, 2.75) is 33.3 Å². The molecular formula is C16H23N3O. The molecule has 0 saturated carbocycles. The molecule has 2 heterocycles. The van der Waals surface area contributed by atoms with Crippen LogP contribution >= 0.6 is 0 Å². The van der Waals surface area contributed by atoms with Gasteiger partial charge < -0.3 is 15.4 Å². The Morgan fingerprint density at radius 2 is 1.90 bits per heavy atom. The van der Waals surface area contributed by atoms with Crippen molar-refractivity contribution >= 4 is 17.2 Å². The van der Waals surface area contributed by atoms with Crippen LogP contribution in [0.4, 0.5) is 11.4 Å². The molecule has 0 spiro atoms. The number of benzene rings is 1. The van der Waals surface area contributed by atoms with Gasteiger partial charge in [0.25, 0.3) is 0 Å². The lowest BCUT2D eigenvalue weighted by Crippen LogP contribution is -2.48. The average Bonchev–Trinajstić information content (AvgIpc) is 2.36. The molecule has 2 aliphatic heterocycles. The van der Waals surface area contributed by atoms with Crippen LogP contribution in [0.25, 0.3) is 0 Å². The molecule has 1 fully saturated rings. The smallest absolute Gasteiger partial charge is 0.153 e. The van der Waals surface area contributed by atoms with Crippen molar-refractivity contribution in [1.82, 2.24) is 4.90 Å². The summed E-state index contributed by atoms with van der Waals surface area (Å²) >= 11 is 0. The predicted octanol–water partition coefficient (Wildman–Crippen LogP) is 3.06. The van der Waals surface area contributed by atoms with Crippen LogP contribution in [0.1, 0.15) is 27.2 Å². The second kappa shape index (κ2) is 5.00. The van der Waals surface area contributed by atoms with Gasteiger partial charge >= 0.3 is 0 Å². The van der Waals surface area contributed by atoms with Crippen molar-refractivity contribution in [2.24, 2.45) is 16.8 Å². The second-order valence-electron chi connectivity index (χ2n) is 6.31. The minimum absolute atomic E-state index is 0.0122. The molecule has 20 heavy (non-hydrogen) atoms. The normalized spacial score (nSPS) is 29.4. The monoisotopic (exact) mass is 273 g/mol. The third-order valence-corrected chi connectivity index (χ3v) is 4.08. The highest BCUT2D eigenvalue weighted by Gasteiger charge is 2.30. The molecule has 2 aliphatic rings. The highest BCUT2D eigenvalue weighted by Crippen LogP contribution is 2.35. The van der Waals surface area contributed by atoms with Crippen LogP contribution in [-0.2, 0) is 0 Å². The first-order chi connectivity index (χ1) is 9.52. The topological polar surface area (TPSA) is 50.8 Å². The molecule has 3 unspecified atom stereocenters. The zero-order chi connectivity index (χ0) is 14.3. The molecule has 3 rings (SSSR count). The Bertz CT molecular complexity index is 531. The number of hydrogen-bond donors (Lipinski definition) is 1. The van der Waals surface area contributed by atoms with Gasteiger partial charge in [-0.2, -0.15) is 0 Å². The number of nitrogens with two attached hydrogens (primary N) is 1. The van der Waals surface area contributed by atoms with Crippen molar-refractivity contribution in [3.05, 3.63) is 18.2 Å². The van der Waals surface area contributed by atoms with E-state index in [1.165, 1.54) is 6.42 Å². The van der Waals surface area contributed by atoms with Gasteiger partial charge in [0, 0.05) is 24.8 Å². The maximum Gasteiger partial charge on any atom is 0.153 e. The lowest BCUT2D eigenvalue weighted by molar-refractivity contribution is 0.186. The summed E-state index contributed by atoms with van der Waals surface area (Å²) in [5.41, 5.74) is 7.41. The number of anilines is 1. The van der Waals surface area contributed by atoms with Gasteiger partial charge in [0.2, 0.25) is 0 Å². The third kappa shape index (κ3) is 2.47. The van der Waals surface area contributed by atoms with E-state index in [0.29, 0.717) is 11.8 Å². The average molecular weight is 273 g/mol. The summed E-state index contributed by atoms with van der Waals surface area (Å²) in [5, 5.41) is 0. The van der Waals surface area contributed by atoms with Gasteiger partial charge in [-0.25, -0.2) is 4.99 Å². The molecule has 0 radical (unpaired) electrons. The molecule has 4 nitrogen and oxygen atoms in total. The molecule has 1 aromatic rings. The van der Waals surface area contributed by atoms with E-state index in [1.807, 2.05) is 18.2 Å². The van der Waals surface area contributed by atoms with E-state index in [1.54, 1.807) is 0 Å². The number of rotatable bonds is 0. The zero-order valence-electron chi connectivity index (χ0n) is 12.5. The first-order valence-corrected chi connectivity index (χ1v) is 7.42. The highest BCUT2D eigenvalue weighted by molar-refractivity contribution is 5.91. The van der Waals surface area contributed by atoms with E-state index in [-0.39, 0.29) is 6.10 Å². The Kier molecular flexibility index (Phi) is 3.32. The molecule has 108 valence electrons. The number of piperidine rings is 1. The standard InChI is InChI=1S/C16H23N3O/c1-10-6-11(2)9-19(8-10)16-12(3)20-15-7-13(17)4-5-14(15)18-16/h4-5,7,10-12H,6,8-9,17H2,1-3H3. The molecule has 2 N–H and O–H groups in total. The number of ether oxygens (including phenoxy) is 1. The van der Waals surface area contributed by atoms with Crippen LogP contribution in [0.2, 0.25) is 0 Å². The summed E-state index contributed by atoms with van der Waals surface area (Å²) in [6.07, 6.45) is 1.29. The molecule has 1 saturated heterocycles. The number of likely N-dealkylation sites (tertiary alicyclic amines) is 1. The Morgan fingerprint density at radius 1 is 1.20 bits per heavy atom. The van der Waals surface area contributed by atoms with Crippen molar-refractivity contribution in [3.63, 3.8) is 0 Å². The SMILES string of the molecule is CC1CC(C)CN(C2=Nc3ccc(N)cc3OC2C)C1. The largest absolute Gasteiger partial charge is 0.480 e. The number of aliphatic imine (C=N–C) groups is 1. The van der Waals surface area contributed by atoms with Crippen molar-refractivity contribution in [2.75, 3.05) is 18.8 Å². The molecule has 0 aliphatic carbocycles. The molecular weight excluding hydrogens is 250 g/mol. The minimum Gasteiger partial charge on any atom is -0.480 e. The van der Waals surface area contributed by atoms with E-state index >= 15 is 0 Å². The third-order valence-electron chi connectivity index (χ3n) is 4.08. The van der Waals surface area contributed by atoms with Gasteiger partial charge in [-0.05, 0) is 37.3 Å². The summed E-state index contributed by atoms with van der Waals surface area (Å²) in [5.74, 6) is 3.27. The number of hydrogen-bond acceptors (Lipinski definition) is 4. The van der Waals surface area contributed by atoms with Crippen LogP contribution < -0.4 is 10.5 Å². The van der Waals surface area contributed by atoms with Gasteiger partial charge in [0.1, 0.15) is 17.3 Å². The van der Waals surface area contributed by atoms with Crippen molar-refractivity contribution < 1.29 is 4.74 Å². The Labute approximate surface area is 120 Å². The predicted molar refractivity (Wildman–Crippen MR) is 82.6 cm³/mol. The molecule has 0 aromatic heterocycles. The number of amidine groups is 1. The number of fused-ring (bicyclic) bond motifs is 1. The van der Waals surface area contributed by atoms with E-state index < -0.39 is 0 Å². The van der Waals surface area contributed by atoms with Gasteiger partial charge in [-0.15, -0.1) is 0 Å². The maximum atomic E-state index is 6.00. The summed E-state index contributed by atoms with van der Waals surface area (Å²) in [6, 6.07) is 5.67. The lowest BCUT2D eigenvalue weighted by Gasteiger charge is -2.39. The van der Waals surface area contributed by atoms with Crippen LogP contribution in [0.3, 0.4) is 0 Å². The fraction of sp³-hybridized carbons (Fsp3) is 0.562. The quantitative estimate of drug-likeness (QED) is 0.739. The van der Waals surface area contributed by atoms with E-state index in [9.17, 15) is 0 Å². The van der Waals surface area contributed by atoms with E-state index in [0.717, 1.165) is 36.0 Å². The summed E-state index contributed by atoms with van der Waals surface area (Å²) in [4.78, 5) is 7.21. The second-order valence-corrected chi connectivity index (χ2v) is 6.31. The van der Waals surface area contributed by atoms with Crippen LogP contribution in [0.5, 0.6) is 5.75 Å². The van der Waals surface area contributed by atoms with Gasteiger partial charge in [-0.1, -0.05) is 13.8 Å². The molecule has 1 aromatic carbocycles. The van der Waals surface area contributed by atoms with Gasteiger partial charge in [-0.3, -0.25) is 0 Å². The van der Waals surface area contributed by atoms with Crippen molar-refractivity contribution in [1.29, 1.82) is 0 Å². The minimum atomic E-state index is -0.0122. The summed E-state index contributed by atoms with van der Waals surface area (Å²) in [7, 11) is 0. The van der Waals surface area contributed by atoms with Gasteiger partial charge in [0.05, 0.1) is 0 Å². The zero-order valence-corrected chi connectivity index (χ0v) is 12.5. The van der Waals surface area contributed by atoms with E-state index in [2.05, 4.69) is 25.7 Å². The summed E-state index contributed by atoms with van der Waals surface area (Å²) in [6.45, 7) is 8.83. The Balaban J connectivity index is 1.91. The summed E-state index contributed by atoms with van der Waals surface area (Å²) < 4.78 is 6.00. The molecule has 4 heteroatoms. The van der Waals surface area contributed by atoms with E-state index in [4.69, 9.17) is 15.5 Å². The highest BCUT2D eigenvalue weighted by atomic mass is 16.5. The van der Waals surface area contributed by atoms with Crippen LogP contribution in [-0.4, -0.2) is 29.9 Å². The molecule has 0 amide bonds. The maximum absolute atomic E-state index is 6.00. The number of nitrogen functional groups attached to an aromatic ring is 1. The fourth-order valence-corrected chi connectivity index (χ4v) is 3.35.